The van der Waals surface area contributed by atoms with Crippen molar-refractivity contribution in [3.05, 3.63) is 60.5 Å². The Morgan fingerprint density at radius 1 is 1.31 bits per heavy atom. The average molecular weight is 515 g/mol. The maximum absolute atomic E-state index is 12.6. The molecular formula is C23H26N6O6S. The third kappa shape index (κ3) is 4.73. The van der Waals surface area contributed by atoms with E-state index in [9.17, 15) is 18.3 Å². The van der Waals surface area contributed by atoms with Crippen molar-refractivity contribution in [3.8, 4) is 11.1 Å². The second-order valence-electron chi connectivity index (χ2n) is 8.33. The fourth-order valence-electron chi connectivity index (χ4n) is 3.80. The smallest absolute Gasteiger partial charge is 0.256 e. The molecule has 1 saturated heterocycles. The summed E-state index contributed by atoms with van der Waals surface area (Å²) < 4.78 is 31.5. The Labute approximate surface area is 207 Å². The van der Waals surface area contributed by atoms with Gasteiger partial charge in [-0.25, -0.2) is 13.4 Å². The summed E-state index contributed by atoms with van der Waals surface area (Å²) in [7, 11) is -3.78. The first-order valence-electron chi connectivity index (χ1n) is 10.9. The Bertz CT molecular complexity index is 1460. The van der Waals surface area contributed by atoms with E-state index in [4.69, 9.17) is 15.6 Å². The summed E-state index contributed by atoms with van der Waals surface area (Å²) in [5, 5.41) is 23.8. The molecule has 1 aliphatic rings. The molecule has 4 rings (SSSR count). The van der Waals surface area contributed by atoms with Gasteiger partial charge in [0.05, 0.1) is 30.8 Å². The molecule has 4 heterocycles. The number of carbonyl (C=O) groups excluding carboxylic acids is 1. The lowest BCUT2D eigenvalue weighted by Crippen LogP contribution is -2.47. The molecule has 12 nitrogen and oxygen atoms in total. The van der Waals surface area contributed by atoms with Crippen LogP contribution in [0.4, 0.5) is 5.82 Å². The number of ether oxygens (including phenoxy) is 1. The van der Waals surface area contributed by atoms with E-state index in [0.29, 0.717) is 22.5 Å². The summed E-state index contributed by atoms with van der Waals surface area (Å²) in [4.78, 5) is 21.8. The van der Waals surface area contributed by atoms with Crippen LogP contribution in [0.15, 0.2) is 54.0 Å². The minimum atomic E-state index is -3.78. The molecule has 0 radical (unpaired) electrons. The average Bonchev–Trinajstić information content (AvgIpc) is 3.25. The number of fused-ring (bicyclic) bond motifs is 1. The molecule has 0 unspecified atom stereocenters. The van der Waals surface area contributed by atoms with Crippen molar-refractivity contribution in [1.82, 2.24) is 24.5 Å². The van der Waals surface area contributed by atoms with Gasteiger partial charge < -0.3 is 20.7 Å². The number of rotatable bonds is 8. The Hall–Kier alpha value is -3.65. The van der Waals surface area contributed by atoms with Crippen molar-refractivity contribution in [2.75, 3.05) is 31.8 Å². The minimum absolute atomic E-state index is 0.0324. The van der Waals surface area contributed by atoms with Crippen LogP contribution in [-0.4, -0.2) is 75.1 Å². The van der Waals surface area contributed by atoms with Gasteiger partial charge >= 0.3 is 0 Å². The number of pyridine rings is 1. The van der Waals surface area contributed by atoms with Gasteiger partial charge in [-0.05, 0) is 13.0 Å². The monoisotopic (exact) mass is 514 g/mol. The number of amides is 1. The highest BCUT2D eigenvalue weighted by Crippen LogP contribution is 2.32. The SMILES string of the molecule is C/C=C\N(/C=C\Cc1nc2c(-c3ccc(C4(O)COC4)nc3)cnn2c(N)c1S(C)(=O)=O)C(=O)CO. The van der Waals surface area contributed by atoms with Gasteiger partial charge in [0.1, 0.15) is 17.3 Å². The van der Waals surface area contributed by atoms with Crippen LogP contribution in [0.25, 0.3) is 16.8 Å². The van der Waals surface area contributed by atoms with Crippen molar-refractivity contribution in [1.29, 1.82) is 0 Å². The van der Waals surface area contributed by atoms with Gasteiger partial charge in [-0.1, -0.05) is 18.2 Å². The Morgan fingerprint density at radius 3 is 2.61 bits per heavy atom. The molecule has 0 bridgehead atoms. The first-order valence-corrected chi connectivity index (χ1v) is 12.8. The summed E-state index contributed by atoms with van der Waals surface area (Å²) in [6, 6.07) is 3.44. The molecule has 3 aromatic heterocycles. The molecule has 36 heavy (non-hydrogen) atoms. The number of aromatic nitrogens is 4. The molecule has 0 aliphatic carbocycles. The number of hydrogen-bond acceptors (Lipinski definition) is 10. The summed E-state index contributed by atoms with van der Waals surface area (Å²) in [5.41, 5.74) is 7.31. The van der Waals surface area contributed by atoms with Crippen LogP contribution >= 0.6 is 0 Å². The van der Waals surface area contributed by atoms with Crippen molar-refractivity contribution in [2.45, 2.75) is 23.8 Å². The van der Waals surface area contributed by atoms with Crippen LogP contribution in [0.1, 0.15) is 18.3 Å². The molecule has 3 aromatic rings. The van der Waals surface area contributed by atoms with Crippen LogP contribution in [0.5, 0.6) is 0 Å². The maximum Gasteiger partial charge on any atom is 0.256 e. The van der Waals surface area contributed by atoms with E-state index >= 15 is 0 Å². The molecule has 0 aromatic carbocycles. The highest BCUT2D eigenvalue weighted by Gasteiger charge is 2.39. The van der Waals surface area contributed by atoms with Crippen LogP contribution in [0, 0.1) is 0 Å². The van der Waals surface area contributed by atoms with Gasteiger partial charge in [0.2, 0.25) is 0 Å². The van der Waals surface area contributed by atoms with Gasteiger partial charge in [0.15, 0.2) is 21.1 Å². The molecule has 13 heteroatoms. The van der Waals surface area contributed by atoms with Crippen molar-refractivity contribution in [3.63, 3.8) is 0 Å². The van der Waals surface area contributed by atoms with E-state index in [-0.39, 0.29) is 36.0 Å². The zero-order chi connectivity index (χ0) is 26.1. The summed E-state index contributed by atoms with van der Waals surface area (Å²) >= 11 is 0. The van der Waals surface area contributed by atoms with Gasteiger partial charge in [0, 0.05) is 42.4 Å². The number of aliphatic hydroxyl groups excluding tert-OH is 1. The number of allylic oxidation sites excluding steroid dienone is 2. The number of nitrogens with zero attached hydrogens (tertiary/aromatic N) is 5. The van der Waals surface area contributed by atoms with Crippen LogP contribution in [0.2, 0.25) is 0 Å². The molecule has 1 amide bonds. The summed E-state index contributed by atoms with van der Waals surface area (Å²) in [6.45, 7) is 1.38. The van der Waals surface area contributed by atoms with Crippen LogP contribution < -0.4 is 5.73 Å². The topological polar surface area (TPSA) is 173 Å². The maximum atomic E-state index is 12.6. The quantitative estimate of drug-likeness (QED) is 0.382. The summed E-state index contributed by atoms with van der Waals surface area (Å²) in [5.74, 6) is -0.651. The van der Waals surface area contributed by atoms with E-state index in [1.54, 1.807) is 37.4 Å². The number of sulfone groups is 1. The Kier molecular flexibility index (Phi) is 6.91. The fraction of sp³-hybridized carbons (Fsp3) is 0.304. The molecule has 0 spiro atoms. The predicted molar refractivity (Wildman–Crippen MR) is 130 cm³/mol. The number of hydrogen-bond donors (Lipinski definition) is 3. The second kappa shape index (κ2) is 9.78. The number of nitrogens with two attached hydrogens (primary N) is 1. The highest BCUT2D eigenvalue weighted by atomic mass is 32.2. The Balaban J connectivity index is 1.76. The lowest BCUT2D eigenvalue weighted by atomic mass is 9.96. The van der Waals surface area contributed by atoms with Crippen LogP contribution in [0.3, 0.4) is 0 Å². The zero-order valence-corrected chi connectivity index (χ0v) is 20.5. The normalized spacial score (nSPS) is 15.6. The van der Waals surface area contributed by atoms with E-state index in [2.05, 4.69) is 15.1 Å². The van der Waals surface area contributed by atoms with E-state index in [0.717, 1.165) is 6.26 Å². The van der Waals surface area contributed by atoms with Gasteiger partial charge in [0.25, 0.3) is 5.91 Å². The van der Waals surface area contributed by atoms with Gasteiger partial charge in [-0.3, -0.25) is 14.7 Å². The zero-order valence-electron chi connectivity index (χ0n) is 19.7. The third-order valence-electron chi connectivity index (χ3n) is 5.62. The minimum Gasteiger partial charge on any atom is -0.387 e. The molecule has 0 atom stereocenters. The first-order chi connectivity index (χ1) is 17.1. The fourth-order valence-corrected chi connectivity index (χ4v) is 4.83. The standard InChI is InChI=1S/C23H26N6O6S/c1-3-8-28(19(31)12-30)9-4-5-17-20(36(2,33)34)21(24)29-22(27-17)16(11-26-29)15-6-7-18(25-10-15)23(32)13-35-14-23/h3-4,6-11,30,32H,5,12-14,24H2,1-2H3/b8-3-,9-4-. The van der Waals surface area contributed by atoms with Crippen molar-refractivity contribution >= 4 is 27.2 Å². The second-order valence-corrected chi connectivity index (χ2v) is 10.3. The molecule has 0 saturated carbocycles. The Morgan fingerprint density at radius 2 is 2.06 bits per heavy atom. The summed E-state index contributed by atoms with van der Waals surface area (Å²) in [6.07, 6.45) is 10.2. The lowest BCUT2D eigenvalue weighted by molar-refractivity contribution is -0.186. The molecular weight excluding hydrogens is 488 g/mol. The van der Waals surface area contributed by atoms with Crippen molar-refractivity contribution in [2.24, 2.45) is 0 Å². The largest absolute Gasteiger partial charge is 0.387 e. The molecule has 4 N–H and O–H groups in total. The van der Waals surface area contributed by atoms with E-state index in [1.165, 1.54) is 28.0 Å². The van der Waals surface area contributed by atoms with E-state index in [1.807, 2.05) is 0 Å². The lowest BCUT2D eigenvalue weighted by Gasteiger charge is -2.35. The van der Waals surface area contributed by atoms with Crippen LogP contribution in [-0.2, 0) is 31.4 Å². The first kappa shape index (κ1) is 25.4. The highest BCUT2D eigenvalue weighted by molar-refractivity contribution is 7.91. The third-order valence-corrected chi connectivity index (χ3v) is 6.81. The molecule has 1 aliphatic heterocycles. The molecule has 190 valence electrons. The van der Waals surface area contributed by atoms with Crippen molar-refractivity contribution < 1.29 is 28.2 Å². The number of carbonyl (C=O) groups is 1. The predicted octanol–water partition coefficient (Wildman–Crippen LogP) is 0.405. The van der Waals surface area contributed by atoms with E-state index < -0.39 is 28.0 Å². The number of aliphatic hydroxyl groups is 2. The number of anilines is 1. The number of nitrogen functional groups attached to an aromatic ring is 1. The van der Waals surface area contributed by atoms with Gasteiger partial charge in [-0.2, -0.15) is 9.61 Å². The van der Waals surface area contributed by atoms with Gasteiger partial charge in [-0.15, -0.1) is 0 Å². The molecule has 1 fully saturated rings.